The average molecular weight is 273 g/mol. The summed E-state index contributed by atoms with van der Waals surface area (Å²) in [6.07, 6.45) is 1.62. The number of ether oxygens (including phenoxy) is 1. The molecule has 20 heavy (non-hydrogen) atoms. The van der Waals surface area contributed by atoms with Gasteiger partial charge in [0.15, 0.2) is 5.82 Å². The van der Waals surface area contributed by atoms with Crippen LogP contribution in [0, 0.1) is 0 Å². The molecule has 2 rings (SSSR count). The molecule has 0 saturated heterocycles. The van der Waals surface area contributed by atoms with Gasteiger partial charge in [0.25, 0.3) is 0 Å². The molecule has 1 heterocycles. The highest BCUT2D eigenvalue weighted by Crippen LogP contribution is 2.13. The molecule has 0 bridgehead atoms. The van der Waals surface area contributed by atoms with Crippen molar-refractivity contribution in [2.45, 2.75) is 33.2 Å². The van der Waals surface area contributed by atoms with Crippen LogP contribution in [0.3, 0.4) is 0 Å². The number of carbonyl (C=O) groups excluding carboxylic acids is 1. The minimum atomic E-state index is -0.325. The van der Waals surface area contributed by atoms with E-state index in [4.69, 9.17) is 4.74 Å². The summed E-state index contributed by atoms with van der Waals surface area (Å²) in [5, 5.41) is 4.47. The zero-order valence-corrected chi connectivity index (χ0v) is 12.1. The van der Waals surface area contributed by atoms with Gasteiger partial charge in [0.2, 0.25) is 0 Å². The standard InChI is InChI=1S/C15H19N3O2/c1-4-13-16-14(5-2)18(17-13)10-11-8-6-7-9-12(11)15(19)20-3/h6-9H,4-5,10H2,1-3H3. The molecule has 0 saturated carbocycles. The van der Waals surface area contributed by atoms with E-state index in [0.29, 0.717) is 12.1 Å². The van der Waals surface area contributed by atoms with Crippen LogP contribution in [-0.2, 0) is 24.1 Å². The van der Waals surface area contributed by atoms with Gasteiger partial charge in [-0.3, -0.25) is 0 Å². The van der Waals surface area contributed by atoms with E-state index in [0.717, 1.165) is 30.1 Å². The fourth-order valence-electron chi connectivity index (χ4n) is 2.09. The monoisotopic (exact) mass is 273 g/mol. The summed E-state index contributed by atoms with van der Waals surface area (Å²) in [7, 11) is 1.39. The van der Waals surface area contributed by atoms with Crippen molar-refractivity contribution in [1.82, 2.24) is 14.8 Å². The molecule has 0 atom stereocenters. The van der Waals surface area contributed by atoms with E-state index in [1.807, 2.05) is 36.7 Å². The molecule has 5 heteroatoms. The number of rotatable bonds is 5. The minimum Gasteiger partial charge on any atom is -0.465 e. The molecule has 0 fully saturated rings. The first-order chi connectivity index (χ1) is 9.69. The predicted molar refractivity (Wildman–Crippen MR) is 75.7 cm³/mol. The highest BCUT2D eigenvalue weighted by Gasteiger charge is 2.14. The maximum atomic E-state index is 11.8. The van der Waals surface area contributed by atoms with E-state index < -0.39 is 0 Å². The molecule has 0 N–H and O–H groups in total. The first-order valence-corrected chi connectivity index (χ1v) is 6.78. The van der Waals surface area contributed by atoms with Crippen molar-refractivity contribution in [3.8, 4) is 0 Å². The van der Waals surface area contributed by atoms with Gasteiger partial charge in [-0.25, -0.2) is 14.5 Å². The number of hydrogen-bond acceptors (Lipinski definition) is 4. The van der Waals surface area contributed by atoms with Crippen molar-refractivity contribution in [2.24, 2.45) is 0 Å². The van der Waals surface area contributed by atoms with Crippen LogP contribution in [0.4, 0.5) is 0 Å². The fourth-order valence-corrected chi connectivity index (χ4v) is 2.09. The Hall–Kier alpha value is -2.17. The molecule has 106 valence electrons. The van der Waals surface area contributed by atoms with Gasteiger partial charge in [-0.1, -0.05) is 32.0 Å². The first-order valence-electron chi connectivity index (χ1n) is 6.78. The SMILES string of the molecule is CCc1nc(CC)n(Cc2ccccc2C(=O)OC)n1. The third-order valence-electron chi connectivity index (χ3n) is 3.17. The number of aromatic nitrogens is 3. The van der Waals surface area contributed by atoms with Gasteiger partial charge in [-0.05, 0) is 11.6 Å². The zero-order valence-electron chi connectivity index (χ0n) is 12.1. The van der Waals surface area contributed by atoms with Gasteiger partial charge < -0.3 is 4.74 Å². The molecule has 0 aliphatic carbocycles. The Bertz CT molecular complexity index is 605. The maximum Gasteiger partial charge on any atom is 0.338 e. The average Bonchev–Trinajstić information content (AvgIpc) is 2.89. The topological polar surface area (TPSA) is 57.0 Å². The van der Waals surface area contributed by atoms with Gasteiger partial charge in [0.1, 0.15) is 5.82 Å². The van der Waals surface area contributed by atoms with Crippen LogP contribution >= 0.6 is 0 Å². The normalized spacial score (nSPS) is 10.6. The summed E-state index contributed by atoms with van der Waals surface area (Å²) in [6.45, 7) is 4.61. The lowest BCUT2D eigenvalue weighted by Crippen LogP contribution is -2.11. The Morgan fingerprint density at radius 1 is 1.25 bits per heavy atom. The van der Waals surface area contributed by atoms with Gasteiger partial charge in [0, 0.05) is 12.8 Å². The summed E-state index contributed by atoms with van der Waals surface area (Å²) >= 11 is 0. The Balaban J connectivity index is 2.35. The molecule has 0 aliphatic rings. The highest BCUT2D eigenvalue weighted by molar-refractivity contribution is 5.90. The molecule has 0 radical (unpaired) electrons. The number of benzene rings is 1. The molecule has 0 aliphatic heterocycles. The van der Waals surface area contributed by atoms with Gasteiger partial charge >= 0.3 is 5.97 Å². The van der Waals surface area contributed by atoms with Crippen LogP contribution < -0.4 is 0 Å². The van der Waals surface area contributed by atoms with Crippen LogP contribution in [0.5, 0.6) is 0 Å². The number of hydrogen-bond donors (Lipinski definition) is 0. The summed E-state index contributed by atoms with van der Waals surface area (Å²) in [6, 6.07) is 7.42. The van der Waals surface area contributed by atoms with Crippen LogP contribution in [-0.4, -0.2) is 27.8 Å². The summed E-state index contributed by atoms with van der Waals surface area (Å²) < 4.78 is 6.68. The number of esters is 1. The Morgan fingerprint density at radius 3 is 2.65 bits per heavy atom. The summed E-state index contributed by atoms with van der Waals surface area (Å²) in [4.78, 5) is 16.2. The Labute approximate surface area is 118 Å². The third kappa shape index (κ3) is 2.87. The van der Waals surface area contributed by atoms with Gasteiger partial charge in [-0.2, -0.15) is 5.10 Å². The first kappa shape index (κ1) is 14.2. The van der Waals surface area contributed by atoms with Crippen molar-refractivity contribution in [1.29, 1.82) is 0 Å². The van der Waals surface area contributed by atoms with Crippen molar-refractivity contribution in [3.05, 3.63) is 47.0 Å². The van der Waals surface area contributed by atoms with E-state index in [1.165, 1.54) is 7.11 Å². The lowest BCUT2D eigenvalue weighted by atomic mass is 10.1. The van der Waals surface area contributed by atoms with E-state index >= 15 is 0 Å². The number of nitrogens with zero attached hydrogens (tertiary/aromatic N) is 3. The molecule has 2 aromatic rings. The Kier molecular flexibility index (Phi) is 4.50. The lowest BCUT2D eigenvalue weighted by Gasteiger charge is -2.09. The summed E-state index contributed by atoms with van der Waals surface area (Å²) in [5.74, 6) is 1.44. The zero-order chi connectivity index (χ0) is 14.5. The molecule has 5 nitrogen and oxygen atoms in total. The smallest absolute Gasteiger partial charge is 0.338 e. The second-order valence-corrected chi connectivity index (χ2v) is 4.46. The molecule has 1 aromatic carbocycles. The van der Waals surface area contributed by atoms with Crippen LogP contribution in [0.25, 0.3) is 0 Å². The second kappa shape index (κ2) is 6.32. The quantitative estimate of drug-likeness (QED) is 0.784. The van der Waals surface area contributed by atoms with Crippen LogP contribution in [0.15, 0.2) is 24.3 Å². The largest absolute Gasteiger partial charge is 0.465 e. The minimum absolute atomic E-state index is 0.325. The van der Waals surface area contributed by atoms with Crippen LogP contribution in [0.1, 0.15) is 41.4 Å². The molecule has 0 spiro atoms. The lowest BCUT2D eigenvalue weighted by molar-refractivity contribution is 0.0599. The number of aryl methyl sites for hydroxylation is 2. The Morgan fingerprint density at radius 2 is 2.00 bits per heavy atom. The van der Waals surface area contributed by atoms with E-state index in [-0.39, 0.29) is 5.97 Å². The van der Waals surface area contributed by atoms with Crippen molar-refractivity contribution in [3.63, 3.8) is 0 Å². The van der Waals surface area contributed by atoms with Crippen molar-refractivity contribution < 1.29 is 9.53 Å². The third-order valence-corrected chi connectivity index (χ3v) is 3.17. The van der Waals surface area contributed by atoms with Crippen molar-refractivity contribution >= 4 is 5.97 Å². The molecular weight excluding hydrogens is 254 g/mol. The van der Waals surface area contributed by atoms with Gasteiger partial charge in [-0.15, -0.1) is 0 Å². The molecule has 1 aromatic heterocycles. The van der Waals surface area contributed by atoms with Gasteiger partial charge in [0.05, 0.1) is 19.2 Å². The van der Waals surface area contributed by atoms with Crippen molar-refractivity contribution in [2.75, 3.05) is 7.11 Å². The highest BCUT2D eigenvalue weighted by atomic mass is 16.5. The second-order valence-electron chi connectivity index (χ2n) is 4.46. The number of carbonyl (C=O) groups is 1. The predicted octanol–water partition coefficient (Wildman–Crippen LogP) is 2.24. The molecular formula is C15H19N3O2. The number of methoxy groups -OCH3 is 1. The van der Waals surface area contributed by atoms with E-state index in [2.05, 4.69) is 10.1 Å². The summed E-state index contributed by atoms with van der Waals surface area (Å²) in [5.41, 5.74) is 1.47. The van der Waals surface area contributed by atoms with E-state index in [1.54, 1.807) is 6.07 Å². The van der Waals surface area contributed by atoms with Crippen LogP contribution in [0.2, 0.25) is 0 Å². The van der Waals surface area contributed by atoms with E-state index in [9.17, 15) is 4.79 Å². The fraction of sp³-hybridized carbons (Fsp3) is 0.400. The molecule has 0 amide bonds. The molecule has 0 unspecified atom stereocenters. The maximum absolute atomic E-state index is 11.8.